The molecule has 1 aliphatic heterocycles. The third kappa shape index (κ3) is 5.34. The highest BCUT2D eigenvalue weighted by Crippen LogP contribution is 2.38. The Morgan fingerprint density at radius 2 is 1.76 bits per heavy atom. The van der Waals surface area contributed by atoms with E-state index in [1.54, 1.807) is 15.9 Å². The smallest absolute Gasteiger partial charge is 0.251 e. The van der Waals surface area contributed by atoms with Crippen LogP contribution in [0.25, 0.3) is 17.1 Å². The van der Waals surface area contributed by atoms with Crippen LogP contribution in [0.5, 0.6) is 0 Å². The first-order valence-electron chi connectivity index (χ1n) is 12.1. The summed E-state index contributed by atoms with van der Waals surface area (Å²) in [6.07, 6.45) is 3.18. The summed E-state index contributed by atoms with van der Waals surface area (Å²) in [7, 11) is 0. The number of hydrogen-bond acceptors (Lipinski definition) is 5. The van der Waals surface area contributed by atoms with E-state index >= 15 is 0 Å². The standard InChI is InChI=1S/C29H27N5O2S/c1-19(2)24-6-4-5-7-25(24)34-27(36)17-37-28(34)16-26(35)31-22-12-10-21(11-13-22)29-30-18-33(32-29)23-14-8-20(3)9-15-23/h4-16,18-19H,17H2,1-3H3,(H,31,35)/b28-16-. The molecule has 1 N–H and O–H groups in total. The largest absolute Gasteiger partial charge is 0.322 e. The summed E-state index contributed by atoms with van der Waals surface area (Å²) in [5.41, 5.74) is 5.51. The van der Waals surface area contributed by atoms with E-state index in [9.17, 15) is 9.59 Å². The number of nitrogens with zero attached hydrogens (tertiary/aromatic N) is 4. The van der Waals surface area contributed by atoms with E-state index < -0.39 is 0 Å². The van der Waals surface area contributed by atoms with E-state index in [1.165, 1.54) is 23.4 Å². The quantitative estimate of drug-likeness (QED) is 0.326. The summed E-state index contributed by atoms with van der Waals surface area (Å²) in [5, 5.41) is 8.09. The Balaban J connectivity index is 1.30. The van der Waals surface area contributed by atoms with Gasteiger partial charge in [0.15, 0.2) is 5.82 Å². The van der Waals surface area contributed by atoms with Gasteiger partial charge in [-0.2, -0.15) is 0 Å². The minimum Gasteiger partial charge on any atom is -0.322 e. The average molecular weight is 510 g/mol. The number of hydrogen-bond donors (Lipinski definition) is 1. The molecule has 0 saturated carbocycles. The highest BCUT2D eigenvalue weighted by molar-refractivity contribution is 8.04. The number of carbonyl (C=O) groups excluding carboxylic acids is 2. The summed E-state index contributed by atoms with van der Waals surface area (Å²) in [4.78, 5) is 31.6. The van der Waals surface area contributed by atoms with Gasteiger partial charge in [0.05, 0.1) is 22.2 Å². The maximum absolute atomic E-state index is 12.8. The molecule has 0 unspecified atom stereocenters. The van der Waals surface area contributed by atoms with Crippen LogP contribution < -0.4 is 10.2 Å². The van der Waals surface area contributed by atoms with Gasteiger partial charge in [-0.05, 0) is 60.9 Å². The molecule has 3 aromatic carbocycles. The Morgan fingerprint density at radius 1 is 1.03 bits per heavy atom. The Bertz CT molecular complexity index is 1470. The van der Waals surface area contributed by atoms with E-state index in [4.69, 9.17) is 0 Å². The van der Waals surface area contributed by atoms with Crippen molar-refractivity contribution in [1.29, 1.82) is 0 Å². The molecule has 1 fully saturated rings. The van der Waals surface area contributed by atoms with E-state index in [1.807, 2.05) is 79.7 Å². The van der Waals surface area contributed by atoms with Gasteiger partial charge in [0.1, 0.15) is 6.33 Å². The number of aryl methyl sites for hydroxylation is 1. The lowest BCUT2D eigenvalue weighted by Gasteiger charge is -2.22. The summed E-state index contributed by atoms with van der Waals surface area (Å²) in [6.45, 7) is 6.23. The van der Waals surface area contributed by atoms with Crippen molar-refractivity contribution in [2.24, 2.45) is 0 Å². The molecular weight excluding hydrogens is 482 g/mol. The highest BCUT2D eigenvalue weighted by atomic mass is 32.2. The van der Waals surface area contributed by atoms with Crippen LogP contribution in [0.15, 0.2) is 90.2 Å². The second-order valence-electron chi connectivity index (χ2n) is 9.13. The first kappa shape index (κ1) is 24.5. The molecular formula is C29H27N5O2S. The second-order valence-corrected chi connectivity index (χ2v) is 10.1. The molecule has 1 saturated heterocycles. The fraction of sp³-hybridized carbons (Fsp3) is 0.172. The lowest BCUT2D eigenvalue weighted by Crippen LogP contribution is -2.26. The maximum atomic E-state index is 12.8. The minimum atomic E-state index is -0.293. The van der Waals surface area contributed by atoms with Gasteiger partial charge >= 0.3 is 0 Å². The lowest BCUT2D eigenvalue weighted by molar-refractivity contribution is -0.115. The van der Waals surface area contributed by atoms with Gasteiger partial charge in [-0.3, -0.25) is 14.5 Å². The van der Waals surface area contributed by atoms with E-state index in [-0.39, 0.29) is 17.7 Å². The molecule has 2 amide bonds. The molecule has 0 spiro atoms. The van der Waals surface area contributed by atoms with Crippen molar-refractivity contribution in [3.05, 3.63) is 101 Å². The second kappa shape index (κ2) is 10.4. The fourth-order valence-electron chi connectivity index (χ4n) is 4.14. The number of amides is 2. The molecule has 0 bridgehead atoms. The molecule has 0 atom stereocenters. The molecule has 0 aliphatic carbocycles. The first-order chi connectivity index (χ1) is 17.9. The number of anilines is 2. The predicted molar refractivity (Wildman–Crippen MR) is 149 cm³/mol. The Kier molecular flexibility index (Phi) is 6.92. The average Bonchev–Trinajstić information content (AvgIpc) is 3.52. The van der Waals surface area contributed by atoms with Gasteiger partial charge in [-0.15, -0.1) is 5.10 Å². The highest BCUT2D eigenvalue weighted by Gasteiger charge is 2.30. The van der Waals surface area contributed by atoms with E-state index in [0.717, 1.165) is 22.5 Å². The van der Waals surface area contributed by atoms with Crippen LogP contribution in [0.3, 0.4) is 0 Å². The number of rotatable bonds is 6. The minimum absolute atomic E-state index is 0.0286. The first-order valence-corrected chi connectivity index (χ1v) is 13.0. The molecule has 1 aromatic heterocycles. The van der Waals surface area contributed by atoms with Crippen LogP contribution >= 0.6 is 11.8 Å². The Labute approximate surface area is 220 Å². The molecule has 0 radical (unpaired) electrons. The van der Waals surface area contributed by atoms with Crippen molar-refractivity contribution < 1.29 is 9.59 Å². The third-order valence-electron chi connectivity index (χ3n) is 6.07. The number of aromatic nitrogens is 3. The van der Waals surface area contributed by atoms with Crippen LogP contribution in [0.4, 0.5) is 11.4 Å². The van der Waals surface area contributed by atoms with Crippen LogP contribution in [0.2, 0.25) is 0 Å². The van der Waals surface area contributed by atoms with Crippen molar-refractivity contribution >= 4 is 35.0 Å². The molecule has 4 aromatic rings. The molecule has 186 valence electrons. The third-order valence-corrected chi connectivity index (χ3v) is 7.06. The zero-order valence-electron chi connectivity index (χ0n) is 20.9. The zero-order valence-corrected chi connectivity index (χ0v) is 21.7. The van der Waals surface area contributed by atoms with Gasteiger partial charge in [-0.25, -0.2) is 9.67 Å². The fourth-order valence-corrected chi connectivity index (χ4v) is 5.06. The Morgan fingerprint density at radius 3 is 2.49 bits per heavy atom. The van der Waals surface area contributed by atoms with Crippen LogP contribution in [0, 0.1) is 6.92 Å². The zero-order chi connectivity index (χ0) is 25.9. The van der Waals surface area contributed by atoms with Crippen molar-refractivity contribution in [2.75, 3.05) is 16.0 Å². The summed E-state index contributed by atoms with van der Waals surface area (Å²) in [5.74, 6) is 0.836. The van der Waals surface area contributed by atoms with Crippen molar-refractivity contribution in [3.8, 4) is 17.1 Å². The molecule has 5 rings (SSSR count). The topological polar surface area (TPSA) is 80.1 Å². The normalized spacial score (nSPS) is 14.5. The van der Waals surface area contributed by atoms with E-state index in [2.05, 4.69) is 29.2 Å². The Hall–Kier alpha value is -4.17. The molecule has 7 nitrogen and oxygen atoms in total. The molecule has 1 aliphatic rings. The van der Waals surface area contributed by atoms with E-state index in [0.29, 0.717) is 22.3 Å². The number of carbonyl (C=O) groups is 2. The van der Waals surface area contributed by atoms with Crippen LogP contribution in [-0.4, -0.2) is 32.3 Å². The van der Waals surface area contributed by atoms with Crippen LogP contribution in [-0.2, 0) is 9.59 Å². The molecule has 2 heterocycles. The SMILES string of the molecule is Cc1ccc(-n2cnc(-c3ccc(NC(=O)/C=C4\SCC(=O)N4c4ccccc4C(C)C)cc3)n2)cc1. The molecule has 37 heavy (non-hydrogen) atoms. The maximum Gasteiger partial charge on any atom is 0.251 e. The number of benzene rings is 3. The van der Waals surface area contributed by atoms with Crippen LogP contribution in [0.1, 0.15) is 30.9 Å². The monoisotopic (exact) mass is 509 g/mol. The predicted octanol–water partition coefficient (Wildman–Crippen LogP) is 5.93. The van der Waals surface area contributed by atoms with Gasteiger partial charge in [-0.1, -0.05) is 61.5 Å². The van der Waals surface area contributed by atoms with Gasteiger partial charge in [0, 0.05) is 17.3 Å². The van der Waals surface area contributed by atoms with Crippen molar-refractivity contribution in [2.45, 2.75) is 26.7 Å². The van der Waals surface area contributed by atoms with Gasteiger partial charge < -0.3 is 5.32 Å². The number of nitrogens with one attached hydrogen (secondary N) is 1. The summed E-state index contributed by atoms with van der Waals surface area (Å²) >= 11 is 1.37. The summed E-state index contributed by atoms with van der Waals surface area (Å²) < 4.78 is 1.74. The van der Waals surface area contributed by atoms with Crippen molar-refractivity contribution in [1.82, 2.24) is 14.8 Å². The summed E-state index contributed by atoms with van der Waals surface area (Å²) in [6, 6.07) is 23.3. The number of thioether (sulfide) groups is 1. The lowest BCUT2D eigenvalue weighted by atomic mass is 10.0. The van der Waals surface area contributed by atoms with Gasteiger partial charge in [0.25, 0.3) is 5.91 Å². The van der Waals surface area contributed by atoms with Crippen molar-refractivity contribution in [3.63, 3.8) is 0 Å². The number of para-hydroxylation sites is 1. The van der Waals surface area contributed by atoms with Gasteiger partial charge in [0.2, 0.25) is 5.91 Å². The molecule has 8 heteroatoms.